The molecule has 3 rings (SSSR count). The van der Waals surface area contributed by atoms with Crippen molar-refractivity contribution in [1.82, 2.24) is 5.32 Å². The molecule has 7 heteroatoms. The lowest BCUT2D eigenvalue weighted by Crippen LogP contribution is -2.36. The highest BCUT2D eigenvalue weighted by atomic mass is 16.5. The van der Waals surface area contributed by atoms with Crippen molar-refractivity contribution >= 4 is 23.2 Å². The van der Waals surface area contributed by atoms with E-state index >= 15 is 0 Å². The highest BCUT2D eigenvalue weighted by Crippen LogP contribution is 2.19. The van der Waals surface area contributed by atoms with Crippen molar-refractivity contribution in [3.8, 4) is 5.75 Å². The molecule has 2 amide bonds. The molecule has 1 saturated carbocycles. The fourth-order valence-electron chi connectivity index (χ4n) is 3.55. The first-order valence-electron chi connectivity index (χ1n) is 10.8. The molecule has 0 radical (unpaired) electrons. The topological polar surface area (TPSA) is 88.7 Å². The van der Waals surface area contributed by atoms with Gasteiger partial charge in [0.25, 0.3) is 5.91 Å². The van der Waals surface area contributed by atoms with Crippen molar-refractivity contribution in [2.75, 3.05) is 37.5 Å². The molecule has 3 N–H and O–H groups in total. The van der Waals surface area contributed by atoms with Gasteiger partial charge in [0, 0.05) is 36.2 Å². The lowest BCUT2D eigenvalue weighted by molar-refractivity contribution is -0.114. The van der Waals surface area contributed by atoms with Crippen molar-refractivity contribution < 1.29 is 19.1 Å². The van der Waals surface area contributed by atoms with E-state index in [1.165, 1.54) is 19.3 Å². The zero-order valence-electron chi connectivity index (χ0n) is 18.0. The van der Waals surface area contributed by atoms with Gasteiger partial charge in [-0.3, -0.25) is 9.59 Å². The maximum atomic E-state index is 12.4. The predicted molar refractivity (Wildman–Crippen MR) is 122 cm³/mol. The molecule has 1 fully saturated rings. The van der Waals surface area contributed by atoms with Crippen LogP contribution in [0.25, 0.3) is 0 Å². The second kappa shape index (κ2) is 12.0. The van der Waals surface area contributed by atoms with Gasteiger partial charge in [0.05, 0.1) is 13.2 Å². The quantitative estimate of drug-likeness (QED) is 0.504. The van der Waals surface area contributed by atoms with Gasteiger partial charge >= 0.3 is 0 Å². The lowest BCUT2D eigenvalue weighted by Gasteiger charge is -2.22. The number of benzene rings is 2. The number of carbonyl (C=O) groups excluding carboxylic acids is 2. The summed E-state index contributed by atoms with van der Waals surface area (Å²) in [7, 11) is 1.62. The number of ether oxygens (including phenoxy) is 2. The molecule has 0 aliphatic heterocycles. The summed E-state index contributed by atoms with van der Waals surface area (Å²) in [5.41, 5.74) is 2.05. The lowest BCUT2D eigenvalue weighted by atomic mass is 9.95. The molecule has 0 heterocycles. The number of anilines is 2. The summed E-state index contributed by atoms with van der Waals surface area (Å²) in [5, 5.41) is 9.02. The van der Waals surface area contributed by atoms with Crippen LogP contribution in [0.15, 0.2) is 48.5 Å². The van der Waals surface area contributed by atoms with Crippen LogP contribution in [0.5, 0.6) is 5.75 Å². The average Bonchev–Trinajstić information content (AvgIpc) is 2.79. The molecule has 0 unspecified atom stereocenters. The molecule has 31 heavy (non-hydrogen) atoms. The first-order chi connectivity index (χ1) is 15.1. The molecule has 2 aromatic carbocycles. The Hall–Kier alpha value is -3.06. The predicted octanol–water partition coefficient (Wildman–Crippen LogP) is 3.82. The normalized spacial score (nSPS) is 14.0. The van der Waals surface area contributed by atoms with Crippen LogP contribution in [0.1, 0.15) is 42.5 Å². The van der Waals surface area contributed by atoms with E-state index in [0.717, 1.165) is 18.5 Å². The molecule has 0 spiro atoms. The van der Waals surface area contributed by atoms with Gasteiger partial charge in [0.1, 0.15) is 12.4 Å². The summed E-state index contributed by atoms with van der Waals surface area (Å²) in [6, 6.07) is 14.7. The van der Waals surface area contributed by atoms with Gasteiger partial charge in [-0.05, 0) is 49.2 Å². The summed E-state index contributed by atoms with van der Waals surface area (Å²) in [6.45, 7) is 1.10. The number of nitrogens with one attached hydrogen (secondary N) is 3. The largest absolute Gasteiger partial charge is 0.491 e. The van der Waals surface area contributed by atoms with E-state index in [-0.39, 0.29) is 24.4 Å². The highest BCUT2D eigenvalue weighted by Gasteiger charge is 2.16. The van der Waals surface area contributed by atoms with Crippen LogP contribution in [0.2, 0.25) is 0 Å². The second-order valence-corrected chi connectivity index (χ2v) is 7.66. The molecular formula is C24H31N3O4. The Morgan fingerprint density at radius 1 is 0.968 bits per heavy atom. The average molecular weight is 426 g/mol. The van der Waals surface area contributed by atoms with Crippen LogP contribution in [0.3, 0.4) is 0 Å². The van der Waals surface area contributed by atoms with E-state index in [9.17, 15) is 9.59 Å². The van der Waals surface area contributed by atoms with E-state index in [1.807, 2.05) is 24.3 Å². The molecule has 0 saturated heterocycles. The van der Waals surface area contributed by atoms with Gasteiger partial charge in [-0.2, -0.15) is 0 Å². The molecule has 1 aliphatic rings. The van der Waals surface area contributed by atoms with Crippen LogP contribution in [-0.4, -0.2) is 44.7 Å². The van der Waals surface area contributed by atoms with Crippen molar-refractivity contribution in [1.29, 1.82) is 0 Å². The summed E-state index contributed by atoms with van der Waals surface area (Å²) in [6.07, 6.45) is 5.71. The van der Waals surface area contributed by atoms with Crippen LogP contribution in [0, 0.1) is 0 Å². The van der Waals surface area contributed by atoms with Gasteiger partial charge in [0.15, 0.2) is 0 Å². The highest BCUT2D eigenvalue weighted by molar-refractivity contribution is 5.96. The fourth-order valence-corrected chi connectivity index (χ4v) is 3.55. The maximum absolute atomic E-state index is 12.4. The zero-order chi connectivity index (χ0) is 21.9. The first kappa shape index (κ1) is 22.6. The van der Waals surface area contributed by atoms with Crippen LogP contribution >= 0.6 is 0 Å². The second-order valence-electron chi connectivity index (χ2n) is 7.66. The van der Waals surface area contributed by atoms with Gasteiger partial charge in [0.2, 0.25) is 5.91 Å². The zero-order valence-corrected chi connectivity index (χ0v) is 18.0. The Morgan fingerprint density at radius 2 is 1.74 bits per heavy atom. The minimum Gasteiger partial charge on any atom is -0.491 e. The number of rotatable bonds is 10. The standard InChI is InChI=1S/C24H31N3O4/c1-30-14-15-31-22-9-5-8-21(16-22)25-17-23(28)26-20-12-10-18(11-13-20)24(29)27-19-6-3-2-4-7-19/h5,8-13,16,19,25H,2-4,6-7,14-15,17H2,1H3,(H,26,28)(H,27,29). The third kappa shape index (κ3) is 7.61. The summed E-state index contributed by atoms with van der Waals surface area (Å²) in [5.74, 6) is 0.480. The van der Waals surface area contributed by atoms with Crippen molar-refractivity contribution in [3.05, 3.63) is 54.1 Å². The Bertz CT molecular complexity index is 848. The fraction of sp³-hybridized carbons (Fsp3) is 0.417. The van der Waals surface area contributed by atoms with E-state index in [1.54, 1.807) is 31.4 Å². The Morgan fingerprint density at radius 3 is 2.48 bits per heavy atom. The molecule has 0 bridgehead atoms. The molecule has 0 aromatic heterocycles. The summed E-state index contributed by atoms with van der Waals surface area (Å²) in [4.78, 5) is 24.7. The third-order valence-corrected chi connectivity index (χ3v) is 5.21. The van der Waals surface area contributed by atoms with E-state index in [2.05, 4.69) is 16.0 Å². The Labute approximate surface area is 183 Å². The summed E-state index contributed by atoms with van der Waals surface area (Å²) < 4.78 is 10.5. The monoisotopic (exact) mass is 425 g/mol. The van der Waals surface area contributed by atoms with Crippen molar-refractivity contribution in [2.45, 2.75) is 38.1 Å². The van der Waals surface area contributed by atoms with Crippen molar-refractivity contribution in [3.63, 3.8) is 0 Å². The number of hydrogen-bond donors (Lipinski definition) is 3. The van der Waals surface area contributed by atoms with Crippen molar-refractivity contribution in [2.24, 2.45) is 0 Å². The van der Waals surface area contributed by atoms with Crippen LogP contribution in [0.4, 0.5) is 11.4 Å². The molecule has 0 atom stereocenters. The molecule has 1 aliphatic carbocycles. The Balaban J connectivity index is 1.44. The molecule has 7 nitrogen and oxygen atoms in total. The third-order valence-electron chi connectivity index (χ3n) is 5.21. The van der Waals surface area contributed by atoms with Crippen LogP contribution < -0.4 is 20.7 Å². The minimum atomic E-state index is -0.176. The molecule has 166 valence electrons. The molecular weight excluding hydrogens is 394 g/mol. The van der Waals surface area contributed by atoms with Gasteiger partial charge < -0.3 is 25.4 Å². The van der Waals surface area contributed by atoms with E-state index in [0.29, 0.717) is 30.2 Å². The number of carbonyl (C=O) groups is 2. The summed E-state index contributed by atoms with van der Waals surface area (Å²) >= 11 is 0. The smallest absolute Gasteiger partial charge is 0.251 e. The maximum Gasteiger partial charge on any atom is 0.251 e. The Kier molecular flexibility index (Phi) is 8.72. The SMILES string of the molecule is COCCOc1cccc(NCC(=O)Nc2ccc(C(=O)NC3CCCCC3)cc2)c1. The number of methoxy groups -OCH3 is 1. The van der Waals surface area contributed by atoms with Crippen LogP contribution in [-0.2, 0) is 9.53 Å². The van der Waals surface area contributed by atoms with E-state index < -0.39 is 0 Å². The number of hydrogen-bond acceptors (Lipinski definition) is 5. The first-order valence-corrected chi connectivity index (χ1v) is 10.8. The van der Waals surface area contributed by atoms with Gasteiger partial charge in [-0.25, -0.2) is 0 Å². The number of amides is 2. The minimum absolute atomic E-state index is 0.0564. The van der Waals surface area contributed by atoms with E-state index in [4.69, 9.17) is 9.47 Å². The van der Waals surface area contributed by atoms with Gasteiger partial charge in [-0.15, -0.1) is 0 Å². The molecule has 2 aromatic rings. The van der Waals surface area contributed by atoms with Gasteiger partial charge in [-0.1, -0.05) is 25.3 Å².